The topological polar surface area (TPSA) is 92.5 Å². The van der Waals surface area contributed by atoms with Crippen LogP contribution in [0.15, 0.2) is 22.7 Å². The second kappa shape index (κ2) is 6.95. The monoisotopic (exact) mass is 316 g/mol. The average molecular weight is 317 g/mol. The number of nitrogens with one attached hydrogen (secondary N) is 1. The van der Waals surface area contributed by atoms with Gasteiger partial charge in [-0.25, -0.2) is 0 Å². The van der Waals surface area contributed by atoms with Gasteiger partial charge in [-0.3, -0.25) is 14.9 Å². The summed E-state index contributed by atoms with van der Waals surface area (Å²) >= 11 is 3.18. The normalized spacial score (nSPS) is 10.1. The molecule has 0 saturated heterocycles. The highest BCUT2D eigenvalue weighted by Gasteiger charge is 2.13. The van der Waals surface area contributed by atoms with Crippen LogP contribution in [0.1, 0.15) is 19.3 Å². The molecular formula is C11H13BrN2O4. The fourth-order valence-corrected chi connectivity index (χ4v) is 1.78. The second-order valence-electron chi connectivity index (χ2n) is 3.70. The van der Waals surface area contributed by atoms with Crippen molar-refractivity contribution in [2.45, 2.75) is 19.3 Å². The van der Waals surface area contributed by atoms with Crippen LogP contribution in [-0.2, 0) is 4.79 Å². The van der Waals surface area contributed by atoms with Gasteiger partial charge in [-0.1, -0.05) is 15.9 Å². The number of nitro groups is 1. The Labute approximate surface area is 112 Å². The Morgan fingerprint density at radius 1 is 1.44 bits per heavy atom. The van der Waals surface area contributed by atoms with Crippen molar-refractivity contribution in [2.24, 2.45) is 0 Å². The van der Waals surface area contributed by atoms with E-state index in [1.165, 1.54) is 6.07 Å². The molecule has 2 N–H and O–H groups in total. The van der Waals surface area contributed by atoms with E-state index in [4.69, 9.17) is 5.11 Å². The number of hydrogen-bond acceptors (Lipinski definition) is 4. The number of benzene rings is 1. The van der Waals surface area contributed by atoms with Gasteiger partial charge in [0.1, 0.15) is 5.69 Å². The first-order valence-corrected chi connectivity index (χ1v) is 6.19. The Balaban J connectivity index is 2.51. The first kappa shape index (κ1) is 14.4. The summed E-state index contributed by atoms with van der Waals surface area (Å²) in [5.41, 5.74) is 0.445. The highest BCUT2D eigenvalue weighted by molar-refractivity contribution is 9.10. The number of rotatable bonds is 7. The van der Waals surface area contributed by atoms with Crippen molar-refractivity contribution in [3.8, 4) is 0 Å². The number of nitro benzene ring substituents is 1. The van der Waals surface area contributed by atoms with Crippen LogP contribution >= 0.6 is 15.9 Å². The smallest absolute Gasteiger partial charge is 0.303 e. The molecule has 0 aliphatic heterocycles. The average Bonchev–Trinajstić information content (AvgIpc) is 2.29. The zero-order valence-corrected chi connectivity index (χ0v) is 11.1. The Morgan fingerprint density at radius 2 is 2.17 bits per heavy atom. The predicted molar refractivity (Wildman–Crippen MR) is 70.8 cm³/mol. The zero-order chi connectivity index (χ0) is 13.5. The van der Waals surface area contributed by atoms with Crippen LogP contribution in [0.2, 0.25) is 0 Å². The Kier molecular flexibility index (Phi) is 5.57. The van der Waals surface area contributed by atoms with Gasteiger partial charge in [0.15, 0.2) is 0 Å². The van der Waals surface area contributed by atoms with Gasteiger partial charge in [0, 0.05) is 23.5 Å². The number of aliphatic carboxylic acids is 1. The first-order valence-electron chi connectivity index (χ1n) is 5.40. The van der Waals surface area contributed by atoms with Crippen LogP contribution in [0.5, 0.6) is 0 Å². The summed E-state index contributed by atoms with van der Waals surface area (Å²) in [6.07, 6.45) is 1.32. The summed E-state index contributed by atoms with van der Waals surface area (Å²) < 4.78 is 0.644. The van der Waals surface area contributed by atoms with Gasteiger partial charge in [-0.2, -0.15) is 0 Å². The van der Waals surface area contributed by atoms with E-state index in [-0.39, 0.29) is 12.1 Å². The molecule has 6 nitrogen and oxygen atoms in total. The van der Waals surface area contributed by atoms with Crippen LogP contribution < -0.4 is 5.32 Å². The number of carboxylic acid groups (broad SMARTS) is 1. The van der Waals surface area contributed by atoms with Gasteiger partial charge >= 0.3 is 5.97 Å². The van der Waals surface area contributed by atoms with E-state index in [9.17, 15) is 14.9 Å². The summed E-state index contributed by atoms with van der Waals surface area (Å²) in [5.74, 6) is -0.829. The third kappa shape index (κ3) is 4.70. The van der Waals surface area contributed by atoms with Gasteiger partial charge < -0.3 is 10.4 Å². The van der Waals surface area contributed by atoms with Gasteiger partial charge in [-0.15, -0.1) is 0 Å². The molecule has 0 aromatic heterocycles. The minimum Gasteiger partial charge on any atom is -0.481 e. The molecule has 0 bridgehead atoms. The summed E-state index contributed by atoms with van der Waals surface area (Å²) in [4.78, 5) is 20.7. The maximum absolute atomic E-state index is 10.8. The lowest BCUT2D eigenvalue weighted by Gasteiger charge is -2.06. The maximum Gasteiger partial charge on any atom is 0.303 e. The van der Waals surface area contributed by atoms with Gasteiger partial charge in [-0.05, 0) is 25.0 Å². The van der Waals surface area contributed by atoms with Crippen LogP contribution in [0, 0.1) is 10.1 Å². The lowest BCUT2D eigenvalue weighted by molar-refractivity contribution is -0.384. The molecular weight excluding hydrogens is 304 g/mol. The predicted octanol–water partition coefficient (Wildman–Crippen LogP) is 3.02. The fraction of sp³-hybridized carbons (Fsp3) is 0.364. The Hall–Kier alpha value is -1.63. The van der Waals surface area contributed by atoms with Crippen molar-refractivity contribution in [2.75, 3.05) is 11.9 Å². The van der Waals surface area contributed by atoms with Gasteiger partial charge in [0.05, 0.1) is 4.92 Å². The largest absolute Gasteiger partial charge is 0.481 e. The van der Waals surface area contributed by atoms with Crippen molar-refractivity contribution < 1.29 is 14.8 Å². The molecule has 0 aliphatic rings. The van der Waals surface area contributed by atoms with Crippen molar-refractivity contribution in [1.82, 2.24) is 0 Å². The maximum atomic E-state index is 10.8. The standard InChI is InChI=1S/C11H13BrN2O4/c12-8-4-5-9(10(7-8)14(17)18)13-6-2-1-3-11(15)16/h4-5,7,13H,1-3,6H2,(H,15,16). The molecule has 0 radical (unpaired) electrons. The molecule has 0 fully saturated rings. The Morgan fingerprint density at radius 3 is 2.78 bits per heavy atom. The molecule has 0 saturated carbocycles. The molecule has 0 spiro atoms. The Bertz CT molecular complexity index is 451. The summed E-state index contributed by atoms with van der Waals surface area (Å²) in [5, 5.41) is 22.2. The minimum atomic E-state index is -0.829. The van der Waals surface area contributed by atoms with Crippen molar-refractivity contribution in [3.05, 3.63) is 32.8 Å². The molecule has 18 heavy (non-hydrogen) atoms. The molecule has 1 rings (SSSR count). The molecule has 0 aliphatic carbocycles. The van der Waals surface area contributed by atoms with Crippen LogP contribution in [-0.4, -0.2) is 22.5 Å². The molecule has 0 atom stereocenters. The number of hydrogen-bond donors (Lipinski definition) is 2. The number of unbranched alkanes of at least 4 members (excludes halogenated alkanes) is 1. The van der Waals surface area contributed by atoms with Gasteiger partial charge in [0.25, 0.3) is 5.69 Å². The SMILES string of the molecule is O=C(O)CCCCNc1ccc(Br)cc1[N+](=O)[O-]. The van der Waals surface area contributed by atoms with E-state index in [1.807, 2.05) is 0 Å². The second-order valence-corrected chi connectivity index (χ2v) is 4.61. The molecule has 1 aromatic rings. The van der Waals surface area contributed by atoms with Crippen molar-refractivity contribution in [3.63, 3.8) is 0 Å². The summed E-state index contributed by atoms with van der Waals surface area (Å²) in [6, 6.07) is 4.77. The number of halogens is 1. The molecule has 0 unspecified atom stereocenters. The number of nitrogens with zero attached hydrogens (tertiary/aromatic N) is 1. The first-order chi connectivity index (χ1) is 8.50. The third-order valence-corrected chi connectivity index (χ3v) is 2.78. The molecule has 0 heterocycles. The molecule has 98 valence electrons. The molecule has 7 heteroatoms. The highest BCUT2D eigenvalue weighted by atomic mass is 79.9. The summed E-state index contributed by atoms with van der Waals surface area (Å²) in [7, 11) is 0. The van der Waals surface area contributed by atoms with E-state index < -0.39 is 10.9 Å². The number of carbonyl (C=O) groups is 1. The van der Waals surface area contributed by atoms with E-state index >= 15 is 0 Å². The van der Waals surface area contributed by atoms with E-state index in [2.05, 4.69) is 21.2 Å². The quantitative estimate of drug-likeness (QED) is 0.458. The van der Waals surface area contributed by atoms with Gasteiger partial charge in [0.2, 0.25) is 0 Å². The van der Waals surface area contributed by atoms with Crippen LogP contribution in [0.3, 0.4) is 0 Å². The van der Waals surface area contributed by atoms with E-state index in [0.29, 0.717) is 29.5 Å². The lowest BCUT2D eigenvalue weighted by Crippen LogP contribution is -2.05. The van der Waals surface area contributed by atoms with Crippen LogP contribution in [0.4, 0.5) is 11.4 Å². The van der Waals surface area contributed by atoms with Crippen molar-refractivity contribution >= 4 is 33.3 Å². The number of anilines is 1. The number of carboxylic acids is 1. The highest BCUT2D eigenvalue weighted by Crippen LogP contribution is 2.27. The van der Waals surface area contributed by atoms with Crippen molar-refractivity contribution in [1.29, 1.82) is 0 Å². The summed E-state index contributed by atoms with van der Waals surface area (Å²) in [6.45, 7) is 0.510. The zero-order valence-electron chi connectivity index (χ0n) is 9.56. The fourth-order valence-electron chi connectivity index (χ4n) is 1.43. The van der Waals surface area contributed by atoms with Crippen LogP contribution in [0.25, 0.3) is 0 Å². The van der Waals surface area contributed by atoms with E-state index in [1.54, 1.807) is 12.1 Å². The molecule has 0 amide bonds. The lowest BCUT2D eigenvalue weighted by atomic mass is 10.2. The third-order valence-electron chi connectivity index (χ3n) is 2.29. The molecule has 1 aromatic carbocycles. The van der Waals surface area contributed by atoms with E-state index in [0.717, 1.165) is 0 Å². The minimum absolute atomic E-state index is 0.00242.